The van der Waals surface area contributed by atoms with Gasteiger partial charge < -0.3 is 5.11 Å². The Bertz CT molecular complexity index is 131. The number of allylic oxidation sites excluding steroid dienone is 1. The number of aliphatic imine (C=N–C) groups is 1. The number of rotatable bonds is 3. The molecule has 0 bridgehead atoms. The Balaban J connectivity index is 3.93. The zero-order valence-corrected chi connectivity index (χ0v) is 6.36. The topological polar surface area (TPSA) is 32.6 Å². The molecule has 0 fully saturated rings. The van der Waals surface area contributed by atoms with Crippen molar-refractivity contribution in [2.75, 3.05) is 6.61 Å². The van der Waals surface area contributed by atoms with E-state index in [2.05, 4.69) is 24.3 Å². The van der Waals surface area contributed by atoms with Gasteiger partial charge in [0.05, 0.1) is 0 Å². The molecule has 0 aromatic heterocycles. The zero-order valence-electron chi connectivity index (χ0n) is 5.46. The molecule has 0 rings (SSSR count). The Morgan fingerprint density at radius 3 is 2.67 bits per heavy atom. The first-order chi connectivity index (χ1) is 4.22. The maximum Gasteiger partial charge on any atom is 0.0477 e. The average molecular weight is 145 g/mol. The van der Waals surface area contributed by atoms with Gasteiger partial charge in [-0.15, -0.1) is 12.6 Å². The third kappa shape index (κ3) is 3.32. The highest BCUT2D eigenvalue weighted by atomic mass is 32.1. The van der Waals surface area contributed by atoms with Gasteiger partial charge in [0.2, 0.25) is 0 Å². The molecule has 0 aromatic rings. The maximum absolute atomic E-state index is 8.44. The molecule has 0 heterocycles. The van der Waals surface area contributed by atoms with Crippen LogP contribution in [0.3, 0.4) is 0 Å². The number of aliphatic hydroxyl groups excluding tert-OH is 1. The lowest BCUT2D eigenvalue weighted by Gasteiger charge is -1.97. The molecular weight excluding hydrogens is 134 g/mol. The molecule has 0 radical (unpaired) electrons. The smallest absolute Gasteiger partial charge is 0.0477 e. The summed E-state index contributed by atoms with van der Waals surface area (Å²) in [6, 6.07) is 0. The molecule has 0 saturated heterocycles. The van der Waals surface area contributed by atoms with Crippen molar-refractivity contribution in [3.8, 4) is 0 Å². The fraction of sp³-hybridized carbons (Fsp3) is 0.500. The van der Waals surface area contributed by atoms with Gasteiger partial charge >= 0.3 is 0 Å². The zero-order chi connectivity index (χ0) is 7.28. The Hall–Kier alpha value is -0.280. The van der Waals surface area contributed by atoms with E-state index in [9.17, 15) is 0 Å². The fourth-order valence-electron chi connectivity index (χ4n) is 0.378. The first-order valence-electron chi connectivity index (χ1n) is 2.68. The van der Waals surface area contributed by atoms with E-state index in [0.29, 0.717) is 6.42 Å². The highest BCUT2D eigenvalue weighted by Crippen LogP contribution is 2.11. The number of nitrogens with zero attached hydrogens (tertiary/aromatic N) is 1. The lowest BCUT2D eigenvalue weighted by Crippen LogP contribution is -1.84. The van der Waals surface area contributed by atoms with Crippen LogP contribution < -0.4 is 0 Å². The normalized spacial score (nSPS) is 12.8. The van der Waals surface area contributed by atoms with Gasteiger partial charge in [-0.25, -0.2) is 0 Å². The van der Waals surface area contributed by atoms with Crippen molar-refractivity contribution in [3.05, 3.63) is 10.6 Å². The second kappa shape index (κ2) is 4.58. The molecule has 0 aliphatic rings. The van der Waals surface area contributed by atoms with Gasteiger partial charge in [-0.3, -0.25) is 4.99 Å². The molecular formula is C6H11NOS. The molecule has 0 amide bonds. The van der Waals surface area contributed by atoms with Crippen molar-refractivity contribution in [3.63, 3.8) is 0 Å². The molecule has 0 unspecified atom stereocenters. The highest BCUT2D eigenvalue weighted by molar-refractivity contribution is 7.84. The van der Waals surface area contributed by atoms with Crippen molar-refractivity contribution in [2.24, 2.45) is 4.99 Å². The summed E-state index contributed by atoms with van der Waals surface area (Å²) in [7, 11) is 0. The predicted octanol–water partition coefficient (Wildman–Crippen LogP) is 1.23. The quantitative estimate of drug-likeness (QED) is 0.454. The highest BCUT2D eigenvalue weighted by Gasteiger charge is 1.92. The Labute approximate surface area is 60.7 Å². The van der Waals surface area contributed by atoms with Crippen LogP contribution in [0.5, 0.6) is 0 Å². The third-order valence-electron chi connectivity index (χ3n) is 1.00. The second-order valence-electron chi connectivity index (χ2n) is 1.66. The standard InChI is InChI=1S/C6H11NOS/c1-5(7-2)6(9)3-4-8/h8-9H,2-4H2,1H3/b6-5-. The molecule has 1 N–H and O–H groups in total. The lowest BCUT2D eigenvalue weighted by atomic mass is 10.3. The SMILES string of the molecule is C=N/C(C)=C(\S)CCO. The van der Waals surface area contributed by atoms with Crippen LogP contribution in [0.4, 0.5) is 0 Å². The molecule has 0 aromatic carbocycles. The van der Waals surface area contributed by atoms with E-state index in [1.54, 1.807) is 0 Å². The lowest BCUT2D eigenvalue weighted by molar-refractivity contribution is 0.301. The molecule has 52 valence electrons. The Kier molecular flexibility index (Phi) is 4.44. The van der Waals surface area contributed by atoms with Crippen LogP contribution in [0.1, 0.15) is 13.3 Å². The van der Waals surface area contributed by atoms with Crippen molar-refractivity contribution < 1.29 is 5.11 Å². The average Bonchev–Trinajstić information content (AvgIpc) is 1.87. The molecule has 0 aliphatic heterocycles. The molecule has 9 heavy (non-hydrogen) atoms. The van der Waals surface area contributed by atoms with E-state index in [4.69, 9.17) is 5.11 Å². The minimum absolute atomic E-state index is 0.117. The largest absolute Gasteiger partial charge is 0.396 e. The molecule has 3 heteroatoms. The fourth-order valence-corrected chi connectivity index (χ4v) is 0.549. The van der Waals surface area contributed by atoms with Crippen LogP contribution in [0.15, 0.2) is 15.6 Å². The number of aliphatic hydroxyl groups is 1. The Morgan fingerprint density at radius 2 is 2.33 bits per heavy atom. The summed E-state index contributed by atoms with van der Waals surface area (Å²) in [6.07, 6.45) is 0.563. The molecule has 0 spiro atoms. The third-order valence-corrected chi connectivity index (χ3v) is 1.55. The Morgan fingerprint density at radius 1 is 1.78 bits per heavy atom. The van der Waals surface area contributed by atoms with E-state index in [0.717, 1.165) is 10.6 Å². The summed E-state index contributed by atoms with van der Waals surface area (Å²) in [5, 5.41) is 8.44. The summed E-state index contributed by atoms with van der Waals surface area (Å²) >= 11 is 4.07. The van der Waals surface area contributed by atoms with Crippen LogP contribution in [0.25, 0.3) is 0 Å². The van der Waals surface area contributed by atoms with E-state index >= 15 is 0 Å². The summed E-state index contributed by atoms with van der Waals surface area (Å²) in [5.74, 6) is 0. The minimum atomic E-state index is 0.117. The summed E-state index contributed by atoms with van der Waals surface area (Å²) in [4.78, 5) is 4.45. The summed E-state index contributed by atoms with van der Waals surface area (Å²) in [6.45, 7) is 5.25. The molecule has 0 aliphatic carbocycles. The van der Waals surface area contributed by atoms with Gasteiger partial charge in [0.1, 0.15) is 0 Å². The van der Waals surface area contributed by atoms with Crippen molar-refractivity contribution >= 4 is 19.3 Å². The second-order valence-corrected chi connectivity index (χ2v) is 2.20. The van der Waals surface area contributed by atoms with Crippen molar-refractivity contribution in [1.29, 1.82) is 0 Å². The van der Waals surface area contributed by atoms with Crippen LogP contribution >= 0.6 is 12.6 Å². The van der Waals surface area contributed by atoms with E-state index in [1.807, 2.05) is 6.92 Å². The van der Waals surface area contributed by atoms with Crippen LogP contribution in [0, 0.1) is 0 Å². The van der Waals surface area contributed by atoms with Gasteiger partial charge in [0, 0.05) is 23.6 Å². The number of hydrogen-bond donors (Lipinski definition) is 2. The van der Waals surface area contributed by atoms with Gasteiger partial charge in [-0.2, -0.15) is 0 Å². The van der Waals surface area contributed by atoms with Gasteiger partial charge in [0.15, 0.2) is 0 Å². The van der Waals surface area contributed by atoms with Gasteiger partial charge in [0.25, 0.3) is 0 Å². The van der Waals surface area contributed by atoms with Crippen molar-refractivity contribution in [1.82, 2.24) is 0 Å². The summed E-state index contributed by atoms with van der Waals surface area (Å²) in [5.41, 5.74) is 0.785. The van der Waals surface area contributed by atoms with E-state index in [-0.39, 0.29) is 6.61 Å². The first-order valence-corrected chi connectivity index (χ1v) is 3.13. The molecule has 0 saturated carbocycles. The van der Waals surface area contributed by atoms with Crippen LogP contribution in [0.2, 0.25) is 0 Å². The minimum Gasteiger partial charge on any atom is -0.396 e. The summed E-state index contributed by atoms with van der Waals surface area (Å²) < 4.78 is 0. The first kappa shape index (κ1) is 8.72. The predicted molar refractivity (Wildman–Crippen MR) is 42.9 cm³/mol. The monoisotopic (exact) mass is 145 g/mol. The number of hydrogen-bond acceptors (Lipinski definition) is 3. The molecule has 0 atom stereocenters. The van der Waals surface area contributed by atoms with Crippen LogP contribution in [-0.2, 0) is 0 Å². The van der Waals surface area contributed by atoms with Crippen LogP contribution in [-0.4, -0.2) is 18.4 Å². The van der Waals surface area contributed by atoms with Gasteiger partial charge in [-0.05, 0) is 13.6 Å². The van der Waals surface area contributed by atoms with Gasteiger partial charge in [-0.1, -0.05) is 0 Å². The van der Waals surface area contributed by atoms with E-state index in [1.165, 1.54) is 0 Å². The maximum atomic E-state index is 8.44. The molecule has 2 nitrogen and oxygen atoms in total. The van der Waals surface area contributed by atoms with Crippen molar-refractivity contribution in [2.45, 2.75) is 13.3 Å². The van der Waals surface area contributed by atoms with E-state index < -0.39 is 0 Å². The number of thiol groups is 1.